The van der Waals surface area contributed by atoms with Crippen LogP contribution in [-0.2, 0) is 14.3 Å². The van der Waals surface area contributed by atoms with Gasteiger partial charge in [0.05, 0.1) is 13.7 Å². The van der Waals surface area contributed by atoms with E-state index in [4.69, 9.17) is 9.47 Å². The van der Waals surface area contributed by atoms with Crippen LogP contribution in [0.25, 0.3) is 0 Å². The Morgan fingerprint density at radius 2 is 1.79 bits per heavy atom. The van der Waals surface area contributed by atoms with Gasteiger partial charge in [-0.25, -0.2) is 4.79 Å². The molecular formula is C20H22N2O6. The van der Waals surface area contributed by atoms with E-state index in [-0.39, 0.29) is 23.8 Å². The Morgan fingerprint density at radius 1 is 1.11 bits per heavy atom. The molecule has 2 aromatic rings. The van der Waals surface area contributed by atoms with Crippen molar-refractivity contribution in [2.75, 3.05) is 32.6 Å². The van der Waals surface area contributed by atoms with Crippen LogP contribution >= 0.6 is 0 Å². The molecule has 8 nitrogen and oxygen atoms in total. The van der Waals surface area contributed by atoms with Crippen LogP contribution < -0.4 is 10.1 Å². The largest absolute Gasteiger partial charge is 0.507 e. The number of carbonyl (C=O) groups excluding carboxylic acids is 3. The maximum atomic E-state index is 12.1. The van der Waals surface area contributed by atoms with Gasteiger partial charge in [-0.1, -0.05) is 17.7 Å². The van der Waals surface area contributed by atoms with Crippen molar-refractivity contribution >= 4 is 23.5 Å². The van der Waals surface area contributed by atoms with Crippen molar-refractivity contribution in [2.45, 2.75) is 6.92 Å². The van der Waals surface area contributed by atoms with Crippen LogP contribution in [0.2, 0.25) is 0 Å². The second kappa shape index (κ2) is 9.40. The number of anilines is 1. The molecule has 8 heteroatoms. The lowest BCUT2D eigenvalue weighted by Gasteiger charge is -2.17. The van der Waals surface area contributed by atoms with Gasteiger partial charge >= 0.3 is 5.97 Å². The third-order valence-corrected chi connectivity index (χ3v) is 3.89. The molecule has 0 spiro atoms. The Hall–Kier alpha value is -3.55. The number of nitrogens with one attached hydrogen (secondary N) is 1. The molecule has 0 aromatic heterocycles. The van der Waals surface area contributed by atoms with Crippen LogP contribution in [0.5, 0.6) is 11.5 Å². The number of nitrogens with zero attached hydrogens (tertiary/aromatic N) is 1. The average molecular weight is 386 g/mol. The van der Waals surface area contributed by atoms with Gasteiger partial charge in [-0.3, -0.25) is 9.59 Å². The van der Waals surface area contributed by atoms with Gasteiger partial charge in [0, 0.05) is 12.7 Å². The smallest absolute Gasteiger partial charge is 0.342 e. The molecule has 0 fully saturated rings. The van der Waals surface area contributed by atoms with Crippen LogP contribution in [0, 0.1) is 6.92 Å². The number of hydrogen-bond acceptors (Lipinski definition) is 6. The van der Waals surface area contributed by atoms with Crippen molar-refractivity contribution in [1.82, 2.24) is 4.90 Å². The molecule has 0 bridgehead atoms. The quantitative estimate of drug-likeness (QED) is 0.705. The Bertz CT molecular complexity index is 863. The van der Waals surface area contributed by atoms with Crippen molar-refractivity contribution in [3.8, 4) is 11.5 Å². The zero-order valence-electron chi connectivity index (χ0n) is 15.9. The number of aromatic hydroxyl groups is 1. The van der Waals surface area contributed by atoms with Gasteiger partial charge in [0.15, 0.2) is 6.61 Å². The number of aryl methyl sites for hydroxylation is 1. The van der Waals surface area contributed by atoms with Crippen molar-refractivity contribution in [2.24, 2.45) is 0 Å². The summed E-state index contributed by atoms with van der Waals surface area (Å²) in [5, 5.41) is 12.4. The van der Waals surface area contributed by atoms with Gasteiger partial charge in [-0.2, -0.15) is 0 Å². The van der Waals surface area contributed by atoms with E-state index in [1.807, 2.05) is 19.1 Å². The molecule has 0 saturated heterocycles. The van der Waals surface area contributed by atoms with E-state index < -0.39 is 18.5 Å². The predicted molar refractivity (Wildman–Crippen MR) is 102 cm³/mol. The van der Waals surface area contributed by atoms with E-state index in [0.717, 1.165) is 10.5 Å². The lowest BCUT2D eigenvalue weighted by molar-refractivity contribution is -0.136. The Balaban J connectivity index is 1.85. The predicted octanol–water partition coefficient (Wildman–Crippen LogP) is 1.96. The number of benzene rings is 2. The summed E-state index contributed by atoms with van der Waals surface area (Å²) in [4.78, 5) is 37.3. The highest BCUT2D eigenvalue weighted by Gasteiger charge is 2.18. The van der Waals surface area contributed by atoms with Crippen molar-refractivity contribution in [3.05, 3.63) is 53.6 Å². The number of phenolic OH excluding ortho intramolecular Hbond substituents is 1. The Labute approximate surface area is 162 Å². The minimum absolute atomic E-state index is 0.119. The van der Waals surface area contributed by atoms with Gasteiger partial charge in [0.25, 0.3) is 5.91 Å². The zero-order chi connectivity index (χ0) is 20.7. The monoisotopic (exact) mass is 386 g/mol. The maximum Gasteiger partial charge on any atom is 0.342 e. The van der Waals surface area contributed by atoms with Crippen molar-refractivity contribution in [3.63, 3.8) is 0 Å². The highest BCUT2D eigenvalue weighted by molar-refractivity contribution is 5.96. The molecule has 28 heavy (non-hydrogen) atoms. The molecule has 2 N–H and O–H groups in total. The molecule has 0 aliphatic carbocycles. The average Bonchev–Trinajstić information content (AvgIpc) is 2.67. The first kappa shape index (κ1) is 20.8. The van der Waals surface area contributed by atoms with Crippen LogP contribution in [-0.4, -0.2) is 55.1 Å². The SMILES string of the molecule is COc1ccc(O)c(C(=O)OCC(=O)N(C)CC(=O)Nc2ccc(C)cc2)c1. The second-order valence-corrected chi connectivity index (χ2v) is 6.12. The van der Waals surface area contributed by atoms with Gasteiger partial charge < -0.3 is 24.8 Å². The second-order valence-electron chi connectivity index (χ2n) is 6.12. The van der Waals surface area contributed by atoms with E-state index in [1.54, 1.807) is 12.1 Å². The molecule has 2 amide bonds. The summed E-state index contributed by atoms with van der Waals surface area (Å²) < 4.78 is 9.91. The van der Waals surface area contributed by atoms with Crippen LogP contribution in [0.15, 0.2) is 42.5 Å². The summed E-state index contributed by atoms with van der Waals surface area (Å²) >= 11 is 0. The number of likely N-dealkylation sites (N-methyl/N-ethyl adjacent to an activating group) is 1. The molecule has 0 atom stereocenters. The first-order valence-corrected chi connectivity index (χ1v) is 8.44. The molecule has 0 aliphatic heterocycles. The van der Waals surface area contributed by atoms with Gasteiger partial charge in [0.1, 0.15) is 17.1 Å². The molecule has 2 rings (SSSR count). The third-order valence-electron chi connectivity index (χ3n) is 3.89. The van der Waals surface area contributed by atoms with Crippen LogP contribution in [0.4, 0.5) is 5.69 Å². The number of amides is 2. The van der Waals surface area contributed by atoms with Gasteiger partial charge in [0.2, 0.25) is 5.91 Å². The Morgan fingerprint density at radius 3 is 2.43 bits per heavy atom. The number of carbonyl (C=O) groups is 3. The number of methoxy groups -OCH3 is 1. The first-order valence-electron chi connectivity index (χ1n) is 8.44. The number of phenols is 1. The zero-order valence-corrected chi connectivity index (χ0v) is 15.9. The summed E-state index contributed by atoms with van der Waals surface area (Å²) in [7, 11) is 2.84. The van der Waals surface area contributed by atoms with Crippen LogP contribution in [0.1, 0.15) is 15.9 Å². The topological polar surface area (TPSA) is 105 Å². The molecule has 148 valence electrons. The molecule has 0 saturated carbocycles. The standard InChI is InChI=1S/C20H22N2O6/c1-13-4-6-14(7-5-13)21-18(24)11-22(2)19(25)12-28-20(26)16-10-15(27-3)8-9-17(16)23/h4-10,23H,11-12H2,1-3H3,(H,21,24). The van der Waals surface area contributed by atoms with Crippen LogP contribution in [0.3, 0.4) is 0 Å². The van der Waals surface area contributed by atoms with E-state index in [1.165, 1.54) is 32.4 Å². The first-order chi connectivity index (χ1) is 13.3. The molecular weight excluding hydrogens is 364 g/mol. The molecule has 0 aliphatic rings. The van der Waals surface area contributed by atoms with Gasteiger partial charge in [-0.15, -0.1) is 0 Å². The minimum Gasteiger partial charge on any atom is -0.507 e. The fourth-order valence-electron chi connectivity index (χ4n) is 2.26. The minimum atomic E-state index is -0.873. The fourth-order valence-corrected chi connectivity index (χ4v) is 2.26. The van der Waals surface area contributed by atoms with E-state index in [0.29, 0.717) is 11.4 Å². The lowest BCUT2D eigenvalue weighted by atomic mass is 10.2. The number of hydrogen-bond donors (Lipinski definition) is 2. The lowest BCUT2D eigenvalue weighted by Crippen LogP contribution is -2.37. The summed E-state index contributed by atoms with van der Waals surface area (Å²) in [5.41, 5.74) is 1.57. The molecule has 0 unspecified atom stereocenters. The summed E-state index contributed by atoms with van der Waals surface area (Å²) in [6, 6.07) is 11.3. The normalized spacial score (nSPS) is 10.1. The highest BCUT2D eigenvalue weighted by atomic mass is 16.5. The van der Waals surface area contributed by atoms with Crippen molar-refractivity contribution < 1.29 is 29.0 Å². The van der Waals surface area contributed by atoms with E-state index in [2.05, 4.69) is 5.32 Å². The molecule has 0 heterocycles. The Kier molecular flexibility index (Phi) is 6.97. The van der Waals surface area contributed by atoms with Gasteiger partial charge in [-0.05, 0) is 37.3 Å². The summed E-state index contributed by atoms with van der Waals surface area (Å²) in [5.74, 6) is -1.74. The van der Waals surface area contributed by atoms with E-state index in [9.17, 15) is 19.5 Å². The summed E-state index contributed by atoms with van der Waals surface area (Å²) in [6.07, 6.45) is 0. The third kappa shape index (κ3) is 5.73. The summed E-state index contributed by atoms with van der Waals surface area (Å²) in [6.45, 7) is 1.17. The fraction of sp³-hybridized carbons (Fsp3) is 0.250. The maximum absolute atomic E-state index is 12.1. The molecule has 0 radical (unpaired) electrons. The highest BCUT2D eigenvalue weighted by Crippen LogP contribution is 2.23. The number of rotatable bonds is 7. The molecule has 2 aromatic carbocycles. The van der Waals surface area contributed by atoms with E-state index >= 15 is 0 Å². The van der Waals surface area contributed by atoms with Crippen molar-refractivity contribution in [1.29, 1.82) is 0 Å². The number of esters is 1. The number of ether oxygens (including phenoxy) is 2.